The molecule has 0 aliphatic carbocycles. The van der Waals surface area contributed by atoms with Crippen LogP contribution in [0.25, 0.3) is 0 Å². The van der Waals surface area contributed by atoms with Gasteiger partial charge in [0.2, 0.25) is 5.88 Å². The standard InChI is InChI=1S/C13H21N3O.C2H5O.K/c1-6-11(4)15-13(17-5)12(7-2)16(8-3)10-9-14;1-2-3;/h6-7,9-10H,1-2,8,14H2,3-5H3;2H2,1H3;/q;-1;+1/b10-9-,13-12-,15-11+;;. The van der Waals surface area contributed by atoms with Crippen LogP contribution in [0.4, 0.5) is 0 Å². The Morgan fingerprint density at radius 3 is 2.14 bits per heavy atom. The van der Waals surface area contributed by atoms with Gasteiger partial charge in [0.05, 0.1) is 7.11 Å². The number of likely N-dealkylation sites (N-methyl/N-ethyl adjacent to an activating group) is 1. The van der Waals surface area contributed by atoms with Crippen LogP contribution < -0.4 is 62.2 Å². The van der Waals surface area contributed by atoms with Gasteiger partial charge in [0.1, 0.15) is 5.70 Å². The number of allylic oxidation sites excluding steroid dienone is 2. The molecule has 0 spiro atoms. The van der Waals surface area contributed by atoms with E-state index in [-0.39, 0.29) is 58.0 Å². The quantitative estimate of drug-likeness (QED) is 0.276. The van der Waals surface area contributed by atoms with Crippen molar-refractivity contribution in [2.24, 2.45) is 10.7 Å². The molecule has 2 N–H and O–H groups in total. The molecule has 21 heavy (non-hydrogen) atoms. The molecule has 0 aliphatic heterocycles. The Balaban J connectivity index is -0.000000740. The summed E-state index contributed by atoms with van der Waals surface area (Å²) in [6, 6.07) is 0. The number of hydrogen-bond donors (Lipinski definition) is 1. The van der Waals surface area contributed by atoms with E-state index in [2.05, 4.69) is 18.2 Å². The molecule has 0 amide bonds. The van der Waals surface area contributed by atoms with Gasteiger partial charge < -0.3 is 20.5 Å². The maximum absolute atomic E-state index is 8.93. The minimum Gasteiger partial charge on any atom is -0.855 e. The predicted octanol–water partition coefficient (Wildman–Crippen LogP) is -1.24. The molecule has 0 aromatic carbocycles. The SMILES string of the molecule is C=C/C(=C(\N=C(/C)C=C)OC)N(/C=C\N)CC.CC[O-].[K+]. The van der Waals surface area contributed by atoms with Crippen molar-refractivity contribution in [1.82, 2.24) is 4.90 Å². The molecule has 6 heteroatoms. The van der Waals surface area contributed by atoms with Crippen molar-refractivity contribution in [3.8, 4) is 0 Å². The van der Waals surface area contributed by atoms with Crippen LogP contribution in [0.5, 0.6) is 0 Å². The molecule has 0 radical (unpaired) electrons. The number of aliphatic imine (C=N–C) groups is 1. The van der Waals surface area contributed by atoms with Gasteiger partial charge >= 0.3 is 51.4 Å². The molecule has 0 bridgehead atoms. The first-order valence-corrected chi connectivity index (χ1v) is 6.37. The average molecular weight is 319 g/mol. The maximum Gasteiger partial charge on any atom is 1.00 e. The van der Waals surface area contributed by atoms with E-state index in [4.69, 9.17) is 15.6 Å². The second kappa shape index (κ2) is 17.7. The molecular weight excluding hydrogens is 293 g/mol. The molecule has 0 aromatic heterocycles. The van der Waals surface area contributed by atoms with E-state index in [1.54, 1.807) is 32.4 Å². The second-order valence-electron chi connectivity index (χ2n) is 3.47. The molecule has 0 aromatic rings. The topological polar surface area (TPSA) is 73.9 Å². The zero-order valence-electron chi connectivity index (χ0n) is 13.9. The summed E-state index contributed by atoms with van der Waals surface area (Å²) < 4.78 is 5.26. The van der Waals surface area contributed by atoms with Crippen LogP contribution in [0.15, 0.2) is 54.3 Å². The van der Waals surface area contributed by atoms with Gasteiger partial charge in [-0.2, -0.15) is 0 Å². The van der Waals surface area contributed by atoms with Crippen LogP contribution in [-0.4, -0.2) is 30.9 Å². The van der Waals surface area contributed by atoms with Gasteiger partial charge in [0, 0.05) is 24.7 Å². The van der Waals surface area contributed by atoms with E-state index < -0.39 is 0 Å². The van der Waals surface area contributed by atoms with Gasteiger partial charge in [-0.25, -0.2) is 4.99 Å². The van der Waals surface area contributed by atoms with Gasteiger partial charge in [-0.15, -0.1) is 6.61 Å². The zero-order valence-corrected chi connectivity index (χ0v) is 17.0. The smallest absolute Gasteiger partial charge is 0.855 e. The van der Waals surface area contributed by atoms with Crippen LogP contribution in [0.1, 0.15) is 20.8 Å². The summed E-state index contributed by atoms with van der Waals surface area (Å²) in [4.78, 5) is 6.20. The normalized spacial score (nSPS) is 11.6. The molecule has 0 saturated heterocycles. The number of methoxy groups -OCH3 is 1. The summed E-state index contributed by atoms with van der Waals surface area (Å²) in [6.07, 6.45) is 6.55. The van der Waals surface area contributed by atoms with Gasteiger partial charge in [-0.05, 0) is 26.0 Å². The monoisotopic (exact) mass is 319 g/mol. The van der Waals surface area contributed by atoms with Crippen molar-refractivity contribution >= 4 is 5.71 Å². The molecule has 0 saturated carbocycles. The van der Waals surface area contributed by atoms with E-state index in [1.165, 1.54) is 6.20 Å². The van der Waals surface area contributed by atoms with Gasteiger partial charge in [-0.1, -0.05) is 20.1 Å². The van der Waals surface area contributed by atoms with Crippen molar-refractivity contribution < 1.29 is 61.2 Å². The number of nitrogens with zero attached hydrogens (tertiary/aromatic N) is 2. The van der Waals surface area contributed by atoms with Crippen molar-refractivity contribution in [3.05, 3.63) is 49.3 Å². The van der Waals surface area contributed by atoms with E-state index in [9.17, 15) is 0 Å². The number of ether oxygens (including phenoxy) is 1. The fraction of sp³-hybridized carbons (Fsp3) is 0.400. The first-order valence-electron chi connectivity index (χ1n) is 6.37. The second-order valence-corrected chi connectivity index (χ2v) is 3.47. The summed E-state index contributed by atoms with van der Waals surface area (Å²) in [5.41, 5.74) is 6.93. The molecule has 0 unspecified atom stereocenters. The Morgan fingerprint density at radius 2 is 1.86 bits per heavy atom. The maximum atomic E-state index is 8.93. The zero-order chi connectivity index (χ0) is 16.0. The van der Waals surface area contributed by atoms with Crippen molar-refractivity contribution in [2.75, 3.05) is 20.3 Å². The number of rotatable bonds is 7. The predicted molar refractivity (Wildman–Crippen MR) is 83.8 cm³/mol. The van der Waals surface area contributed by atoms with Crippen LogP contribution in [0.3, 0.4) is 0 Å². The Bertz CT molecular complexity index is 377. The van der Waals surface area contributed by atoms with Crippen molar-refractivity contribution in [2.45, 2.75) is 20.8 Å². The van der Waals surface area contributed by atoms with Crippen LogP contribution >= 0.6 is 0 Å². The number of nitrogens with two attached hydrogens (primary N) is 1. The summed E-state index contributed by atoms with van der Waals surface area (Å²) in [7, 11) is 1.57. The largest absolute Gasteiger partial charge is 1.00 e. The van der Waals surface area contributed by atoms with Gasteiger partial charge in [0.25, 0.3) is 0 Å². The molecule has 5 nitrogen and oxygen atoms in total. The average Bonchev–Trinajstić information content (AvgIpc) is 2.46. The van der Waals surface area contributed by atoms with Crippen molar-refractivity contribution in [1.29, 1.82) is 0 Å². The first-order chi connectivity index (χ1) is 9.55. The molecule has 0 rings (SSSR count). The summed E-state index contributed by atoms with van der Waals surface area (Å²) in [6.45, 7) is 13.6. The van der Waals surface area contributed by atoms with E-state index in [0.717, 1.165) is 18.0 Å². The summed E-state index contributed by atoms with van der Waals surface area (Å²) in [5.74, 6) is 0.484. The van der Waals surface area contributed by atoms with Crippen LogP contribution in [-0.2, 0) is 4.74 Å². The Labute approximate surface area is 171 Å². The van der Waals surface area contributed by atoms with E-state index in [1.807, 2.05) is 18.7 Å². The number of hydrogen-bond acceptors (Lipinski definition) is 5. The van der Waals surface area contributed by atoms with E-state index >= 15 is 0 Å². The van der Waals surface area contributed by atoms with Crippen LogP contribution in [0, 0.1) is 0 Å². The summed E-state index contributed by atoms with van der Waals surface area (Å²) in [5, 5.41) is 8.93. The third-order valence-electron chi connectivity index (χ3n) is 2.10. The Hall–Kier alpha value is -0.374. The van der Waals surface area contributed by atoms with E-state index in [0.29, 0.717) is 5.88 Å². The first kappa shape index (κ1) is 25.6. The molecule has 0 fully saturated rings. The molecular formula is C15H26KN3O2. The molecule has 0 aliphatic rings. The van der Waals surface area contributed by atoms with Crippen LogP contribution in [0.2, 0.25) is 0 Å². The van der Waals surface area contributed by atoms with Gasteiger partial charge in [-0.3, -0.25) is 0 Å². The Kier molecular flexibility index (Phi) is 21.5. The summed E-state index contributed by atoms with van der Waals surface area (Å²) >= 11 is 0. The molecule has 0 heterocycles. The fourth-order valence-electron chi connectivity index (χ4n) is 1.20. The third-order valence-corrected chi connectivity index (χ3v) is 2.10. The van der Waals surface area contributed by atoms with Crippen molar-refractivity contribution in [3.63, 3.8) is 0 Å². The van der Waals surface area contributed by atoms with Gasteiger partial charge in [0.15, 0.2) is 0 Å². The Morgan fingerprint density at radius 1 is 1.33 bits per heavy atom. The minimum absolute atomic E-state index is 0. The minimum atomic E-state index is 0. The fourth-order valence-corrected chi connectivity index (χ4v) is 1.20. The third kappa shape index (κ3) is 11.9. The molecule has 0 atom stereocenters. The molecule has 114 valence electrons.